The Labute approximate surface area is 146 Å². The third-order valence-corrected chi connectivity index (χ3v) is 5.20. The summed E-state index contributed by atoms with van der Waals surface area (Å²) in [6.07, 6.45) is 1.97. The molecule has 1 N–H and O–H groups in total. The first-order valence-electron chi connectivity index (χ1n) is 8.77. The highest BCUT2D eigenvalue weighted by Crippen LogP contribution is 2.34. The van der Waals surface area contributed by atoms with E-state index in [4.69, 9.17) is 0 Å². The Morgan fingerprint density at radius 2 is 1.96 bits per heavy atom. The fraction of sp³-hybridized carbons (Fsp3) is 0.286. The molecular formula is C21H21FN2O. The second-order valence-electron chi connectivity index (χ2n) is 6.70. The number of H-pyrrole nitrogens is 1. The van der Waals surface area contributed by atoms with Gasteiger partial charge in [-0.1, -0.05) is 30.3 Å². The predicted molar refractivity (Wildman–Crippen MR) is 96.9 cm³/mol. The Balaban J connectivity index is 1.49. The van der Waals surface area contributed by atoms with Crippen LogP contribution in [0, 0.1) is 5.82 Å². The zero-order valence-electron chi connectivity index (χ0n) is 14.3. The molecule has 1 aliphatic heterocycles. The second-order valence-corrected chi connectivity index (χ2v) is 6.70. The van der Waals surface area contributed by atoms with Crippen LogP contribution in [0.3, 0.4) is 0 Å². The van der Waals surface area contributed by atoms with Crippen LogP contribution in [0.5, 0.6) is 0 Å². The molecule has 4 heteroatoms. The van der Waals surface area contributed by atoms with Crippen LogP contribution in [0.15, 0.2) is 48.5 Å². The molecule has 1 atom stereocenters. The van der Waals surface area contributed by atoms with Gasteiger partial charge >= 0.3 is 0 Å². The van der Waals surface area contributed by atoms with Gasteiger partial charge < -0.3 is 9.88 Å². The summed E-state index contributed by atoms with van der Waals surface area (Å²) >= 11 is 0. The molecule has 0 bridgehead atoms. The van der Waals surface area contributed by atoms with Gasteiger partial charge in [-0.2, -0.15) is 0 Å². The molecule has 4 rings (SSSR count). The molecule has 25 heavy (non-hydrogen) atoms. The van der Waals surface area contributed by atoms with E-state index in [9.17, 15) is 9.18 Å². The highest BCUT2D eigenvalue weighted by Gasteiger charge is 2.29. The Hall–Kier alpha value is -2.62. The van der Waals surface area contributed by atoms with Gasteiger partial charge in [-0.25, -0.2) is 4.39 Å². The summed E-state index contributed by atoms with van der Waals surface area (Å²) in [5.41, 5.74) is 4.62. The van der Waals surface area contributed by atoms with Gasteiger partial charge in [-0.3, -0.25) is 4.79 Å². The summed E-state index contributed by atoms with van der Waals surface area (Å²) in [6.45, 7) is 2.83. The average Bonchev–Trinajstić information content (AvgIpc) is 3.01. The summed E-state index contributed by atoms with van der Waals surface area (Å²) < 4.78 is 13.0. The van der Waals surface area contributed by atoms with E-state index < -0.39 is 0 Å². The number of hydrogen-bond acceptors (Lipinski definition) is 1. The normalized spacial score (nSPS) is 16.9. The molecule has 0 saturated carbocycles. The van der Waals surface area contributed by atoms with Gasteiger partial charge in [-0.05, 0) is 49.1 Å². The number of nitrogens with zero attached hydrogens (tertiary/aromatic N) is 1. The Morgan fingerprint density at radius 1 is 1.20 bits per heavy atom. The van der Waals surface area contributed by atoms with Crippen LogP contribution in [-0.2, 0) is 17.6 Å². The van der Waals surface area contributed by atoms with Crippen molar-refractivity contribution in [3.63, 3.8) is 0 Å². The first-order chi connectivity index (χ1) is 12.1. The number of halogens is 1. The van der Waals surface area contributed by atoms with Gasteiger partial charge in [0.15, 0.2) is 0 Å². The minimum Gasteiger partial charge on any atom is -0.356 e. The van der Waals surface area contributed by atoms with Crippen LogP contribution < -0.4 is 0 Å². The van der Waals surface area contributed by atoms with Gasteiger partial charge in [0.2, 0.25) is 5.91 Å². The number of benzene rings is 2. The van der Waals surface area contributed by atoms with E-state index in [1.807, 2.05) is 11.0 Å². The quantitative estimate of drug-likeness (QED) is 0.757. The minimum absolute atomic E-state index is 0.0527. The first-order valence-corrected chi connectivity index (χ1v) is 8.77. The van der Waals surface area contributed by atoms with E-state index >= 15 is 0 Å². The van der Waals surface area contributed by atoms with E-state index in [2.05, 4.69) is 30.1 Å². The Kier molecular flexibility index (Phi) is 4.04. The molecule has 0 saturated heterocycles. The van der Waals surface area contributed by atoms with Crippen molar-refractivity contribution in [1.29, 1.82) is 0 Å². The maximum atomic E-state index is 13.0. The largest absolute Gasteiger partial charge is 0.356 e. The minimum atomic E-state index is -0.244. The molecule has 0 spiro atoms. The van der Waals surface area contributed by atoms with E-state index in [1.165, 1.54) is 23.1 Å². The molecule has 0 radical (unpaired) electrons. The van der Waals surface area contributed by atoms with Crippen molar-refractivity contribution in [3.05, 3.63) is 71.2 Å². The summed E-state index contributed by atoms with van der Waals surface area (Å²) in [4.78, 5) is 18.2. The van der Waals surface area contributed by atoms with Crippen molar-refractivity contribution in [2.45, 2.75) is 32.2 Å². The van der Waals surface area contributed by atoms with Crippen molar-refractivity contribution >= 4 is 16.8 Å². The van der Waals surface area contributed by atoms with E-state index in [0.29, 0.717) is 12.8 Å². The number of carbonyl (C=O) groups is 1. The molecule has 0 fully saturated rings. The van der Waals surface area contributed by atoms with Crippen molar-refractivity contribution in [2.24, 2.45) is 0 Å². The fourth-order valence-electron chi connectivity index (χ4n) is 3.82. The number of rotatable bonds is 3. The van der Waals surface area contributed by atoms with Crippen molar-refractivity contribution in [1.82, 2.24) is 9.88 Å². The van der Waals surface area contributed by atoms with Crippen molar-refractivity contribution in [2.75, 3.05) is 6.54 Å². The van der Waals surface area contributed by atoms with Crippen molar-refractivity contribution in [3.8, 4) is 0 Å². The van der Waals surface area contributed by atoms with Gasteiger partial charge in [0.1, 0.15) is 5.82 Å². The monoisotopic (exact) mass is 336 g/mol. The molecule has 3 nitrogen and oxygen atoms in total. The lowest BCUT2D eigenvalue weighted by atomic mass is 9.97. The molecule has 128 valence electrons. The fourth-order valence-corrected chi connectivity index (χ4v) is 3.82. The van der Waals surface area contributed by atoms with E-state index in [-0.39, 0.29) is 17.8 Å². The number of aryl methyl sites for hydroxylation is 1. The molecule has 0 aliphatic carbocycles. The lowest BCUT2D eigenvalue weighted by Crippen LogP contribution is -2.38. The number of nitrogens with one attached hydrogen (secondary N) is 1. The standard InChI is InChI=1S/C21H21FN2O/c1-14-21-18(17-4-2-3-5-19(17)23-21)12-13-24(14)20(25)11-8-15-6-9-16(22)10-7-15/h2-7,9-10,14,23H,8,11-13H2,1H3. The second kappa shape index (κ2) is 6.36. The van der Waals surface area contributed by atoms with E-state index in [1.54, 1.807) is 12.1 Å². The number of carbonyl (C=O) groups excluding carboxylic acids is 1. The molecule has 1 unspecified atom stereocenters. The number of amides is 1. The number of aromatic nitrogens is 1. The lowest BCUT2D eigenvalue weighted by Gasteiger charge is -2.33. The summed E-state index contributed by atoms with van der Waals surface area (Å²) in [5, 5.41) is 1.27. The zero-order chi connectivity index (χ0) is 17.4. The third-order valence-electron chi connectivity index (χ3n) is 5.20. The van der Waals surface area contributed by atoms with Crippen LogP contribution in [0.2, 0.25) is 0 Å². The molecule has 2 aromatic carbocycles. The first kappa shape index (κ1) is 15.9. The average molecular weight is 336 g/mol. The van der Waals surface area contributed by atoms with Crippen LogP contribution in [0.4, 0.5) is 4.39 Å². The van der Waals surface area contributed by atoms with Crippen LogP contribution >= 0.6 is 0 Å². The van der Waals surface area contributed by atoms with E-state index in [0.717, 1.165) is 29.7 Å². The van der Waals surface area contributed by atoms with Crippen LogP contribution in [0.25, 0.3) is 10.9 Å². The summed E-state index contributed by atoms with van der Waals surface area (Å²) in [6, 6.07) is 14.7. The number of para-hydroxylation sites is 1. The predicted octanol–water partition coefficient (Wildman–Crippen LogP) is 4.39. The van der Waals surface area contributed by atoms with Crippen LogP contribution in [-0.4, -0.2) is 22.3 Å². The molecule has 2 heterocycles. The Morgan fingerprint density at radius 3 is 2.76 bits per heavy atom. The number of hydrogen-bond donors (Lipinski definition) is 1. The molecule has 1 aromatic heterocycles. The van der Waals surface area contributed by atoms with Crippen LogP contribution in [0.1, 0.15) is 36.2 Å². The molecule has 1 aliphatic rings. The van der Waals surface area contributed by atoms with Gasteiger partial charge in [0.25, 0.3) is 0 Å². The lowest BCUT2D eigenvalue weighted by molar-refractivity contribution is -0.133. The van der Waals surface area contributed by atoms with Crippen molar-refractivity contribution < 1.29 is 9.18 Å². The number of fused-ring (bicyclic) bond motifs is 3. The highest BCUT2D eigenvalue weighted by molar-refractivity contribution is 5.86. The number of aromatic amines is 1. The molecule has 3 aromatic rings. The SMILES string of the molecule is CC1c2[nH]c3ccccc3c2CCN1C(=O)CCc1ccc(F)cc1. The molecular weight excluding hydrogens is 315 g/mol. The smallest absolute Gasteiger partial charge is 0.223 e. The highest BCUT2D eigenvalue weighted by atomic mass is 19.1. The van der Waals surface area contributed by atoms with Gasteiger partial charge in [-0.15, -0.1) is 0 Å². The topological polar surface area (TPSA) is 36.1 Å². The Bertz CT molecular complexity index is 913. The maximum absolute atomic E-state index is 13.0. The molecule has 1 amide bonds. The third kappa shape index (κ3) is 2.93. The summed E-state index contributed by atoms with van der Waals surface area (Å²) in [5.74, 6) is -0.0906. The van der Waals surface area contributed by atoms with Gasteiger partial charge in [0, 0.05) is 29.6 Å². The zero-order valence-corrected chi connectivity index (χ0v) is 14.3. The summed E-state index contributed by atoms with van der Waals surface area (Å²) in [7, 11) is 0. The van der Waals surface area contributed by atoms with Gasteiger partial charge in [0.05, 0.1) is 6.04 Å². The maximum Gasteiger partial charge on any atom is 0.223 e.